The topological polar surface area (TPSA) is 84.5 Å². The van der Waals surface area contributed by atoms with Crippen molar-refractivity contribution in [2.75, 3.05) is 15.8 Å². The van der Waals surface area contributed by atoms with E-state index < -0.39 is 10.0 Å². The number of hydrogen-bond donors (Lipinski definition) is 2. The van der Waals surface area contributed by atoms with E-state index in [9.17, 15) is 17.6 Å². The maximum absolute atomic E-state index is 13.0. The molecule has 0 fully saturated rings. The van der Waals surface area contributed by atoms with Gasteiger partial charge in [0.1, 0.15) is 18.2 Å². The first-order chi connectivity index (χ1) is 15.3. The molecule has 0 spiro atoms. The van der Waals surface area contributed by atoms with Crippen molar-refractivity contribution < 1.29 is 22.3 Å². The largest absolute Gasteiger partial charge is 0.489 e. The zero-order valence-corrected chi connectivity index (χ0v) is 18.7. The van der Waals surface area contributed by atoms with Crippen molar-refractivity contribution in [1.29, 1.82) is 0 Å². The molecule has 2 N–H and O–H groups in total. The van der Waals surface area contributed by atoms with Crippen LogP contribution in [0.3, 0.4) is 0 Å². The number of amides is 1. The molecule has 6 nitrogen and oxygen atoms in total. The normalized spacial score (nSPS) is 11.1. The molecule has 0 aliphatic heterocycles. The van der Waals surface area contributed by atoms with Crippen LogP contribution in [0.1, 0.15) is 34.8 Å². The molecule has 0 atom stereocenters. The van der Waals surface area contributed by atoms with E-state index in [0.29, 0.717) is 34.7 Å². The second-order valence-electron chi connectivity index (χ2n) is 7.30. The van der Waals surface area contributed by atoms with Crippen LogP contribution in [0, 0.1) is 12.7 Å². The summed E-state index contributed by atoms with van der Waals surface area (Å²) in [5, 5.41) is 2.82. The average molecular weight is 457 g/mol. The molecule has 0 unspecified atom stereocenters. The number of hydrogen-bond acceptors (Lipinski definition) is 4. The molecular formula is C24H25FN2O4S. The zero-order valence-electron chi connectivity index (χ0n) is 17.9. The van der Waals surface area contributed by atoms with Gasteiger partial charge < -0.3 is 10.1 Å². The fraction of sp³-hybridized carbons (Fsp3) is 0.208. The lowest BCUT2D eigenvalue weighted by molar-refractivity contribution is 0.102. The Hall–Kier alpha value is -3.39. The number of halogens is 1. The molecule has 8 heteroatoms. The fourth-order valence-electron chi connectivity index (χ4n) is 3.04. The second-order valence-corrected chi connectivity index (χ2v) is 9.14. The van der Waals surface area contributed by atoms with Crippen LogP contribution in [0.5, 0.6) is 5.75 Å². The number of carbonyl (C=O) groups is 1. The van der Waals surface area contributed by atoms with E-state index in [-0.39, 0.29) is 24.1 Å². The quantitative estimate of drug-likeness (QED) is 0.468. The number of sulfonamides is 1. The van der Waals surface area contributed by atoms with Crippen LogP contribution in [0.15, 0.2) is 66.7 Å². The van der Waals surface area contributed by atoms with Gasteiger partial charge in [0, 0.05) is 11.3 Å². The highest BCUT2D eigenvalue weighted by Gasteiger charge is 2.14. The Kier molecular flexibility index (Phi) is 7.48. The van der Waals surface area contributed by atoms with Crippen LogP contribution < -0.4 is 14.8 Å². The molecule has 32 heavy (non-hydrogen) atoms. The van der Waals surface area contributed by atoms with Gasteiger partial charge in [-0.15, -0.1) is 0 Å². The third kappa shape index (κ3) is 6.31. The predicted octanol–water partition coefficient (Wildman–Crippen LogP) is 5.12. The second kappa shape index (κ2) is 10.3. The summed E-state index contributed by atoms with van der Waals surface area (Å²) >= 11 is 0. The Morgan fingerprint density at radius 3 is 2.41 bits per heavy atom. The third-order valence-corrected chi connectivity index (χ3v) is 6.21. The standard InChI is InChI=1S/C24H25FN2O4S/c1-3-14-32(29,30)27-23-9-5-8-22(17(23)2)26-24(28)19-6-4-7-21(15-19)31-16-18-10-12-20(25)13-11-18/h4-13,15,27H,3,14,16H2,1-2H3,(H,26,28). The molecule has 168 valence electrons. The molecular weight excluding hydrogens is 431 g/mol. The minimum atomic E-state index is -3.44. The first-order valence-electron chi connectivity index (χ1n) is 10.2. The monoisotopic (exact) mass is 456 g/mol. The van der Waals surface area contributed by atoms with E-state index in [2.05, 4.69) is 10.0 Å². The number of ether oxygens (including phenoxy) is 1. The number of anilines is 2. The van der Waals surface area contributed by atoms with Crippen LogP contribution in [0.4, 0.5) is 15.8 Å². The minimum absolute atomic E-state index is 0.0216. The van der Waals surface area contributed by atoms with Crippen molar-refractivity contribution in [1.82, 2.24) is 0 Å². The highest BCUT2D eigenvalue weighted by atomic mass is 32.2. The minimum Gasteiger partial charge on any atom is -0.489 e. The molecule has 0 saturated carbocycles. The van der Waals surface area contributed by atoms with Crippen LogP contribution in [0.2, 0.25) is 0 Å². The molecule has 0 bridgehead atoms. The highest BCUT2D eigenvalue weighted by Crippen LogP contribution is 2.25. The Labute approximate surface area is 187 Å². The van der Waals surface area contributed by atoms with E-state index in [1.54, 1.807) is 68.4 Å². The Bertz CT molecular complexity index is 1190. The number of rotatable bonds is 9. The van der Waals surface area contributed by atoms with Gasteiger partial charge in [0.15, 0.2) is 0 Å². The Morgan fingerprint density at radius 1 is 1.00 bits per heavy atom. The maximum Gasteiger partial charge on any atom is 0.255 e. The fourth-order valence-corrected chi connectivity index (χ4v) is 4.23. The maximum atomic E-state index is 13.0. The van der Waals surface area contributed by atoms with Gasteiger partial charge in [0.25, 0.3) is 5.91 Å². The zero-order chi connectivity index (χ0) is 23.1. The van der Waals surface area contributed by atoms with Gasteiger partial charge in [-0.2, -0.15) is 0 Å². The van der Waals surface area contributed by atoms with Crippen LogP contribution in [-0.2, 0) is 16.6 Å². The van der Waals surface area contributed by atoms with Crippen molar-refractivity contribution >= 4 is 27.3 Å². The third-order valence-electron chi connectivity index (χ3n) is 4.74. The number of benzene rings is 3. The van der Waals surface area contributed by atoms with Crippen molar-refractivity contribution in [3.05, 3.63) is 89.2 Å². The first kappa shape index (κ1) is 23.3. The summed E-state index contributed by atoms with van der Waals surface area (Å²) in [4.78, 5) is 12.8. The summed E-state index contributed by atoms with van der Waals surface area (Å²) in [6.45, 7) is 3.77. The van der Waals surface area contributed by atoms with Gasteiger partial charge in [-0.05, 0) is 66.9 Å². The van der Waals surface area contributed by atoms with Gasteiger partial charge in [-0.1, -0.05) is 31.2 Å². The molecule has 0 aromatic heterocycles. The molecule has 3 aromatic rings. The Morgan fingerprint density at radius 2 is 1.69 bits per heavy atom. The molecule has 0 aliphatic carbocycles. The lowest BCUT2D eigenvalue weighted by atomic mass is 10.1. The van der Waals surface area contributed by atoms with Gasteiger partial charge in [-0.3, -0.25) is 9.52 Å². The molecule has 3 aromatic carbocycles. The summed E-state index contributed by atoms with van der Waals surface area (Å²) in [6.07, 6.45) is 0.504. The summed E-state index contributed by atoms with van der Waals surface area (Å²) in [6, 6.07) is 17.7. The summed E-state index contributed by atoms with van der Waals surface area (Å²) in [7, 11) is -3.44. The van der Waals surface area contributed by atoms with Crippen molar-refractivity contribution in [2.45, 2.75) is 26.9 Å². The number of nitrogens with one attached hydrogen (secondary N) is 2. The molecule has 3 rings (SSSR count). The summed E-state index contributed by atoms with van der Waals surface area (Å²) in [5.74, 6) is -0.146. The van der Waals surface area contributed by atoms with Crippen molar-refractivity contribution in [3.8, 4) is 5.75 Å². The predicted molar refractivity (Wildman–Crippen MR) is 124 cm³/mol. The van der Waals surface area contributed by atoms with Crippen LogP contribution in [-0.4, -0.2) is 20.1 Å². The van der Waals surface area contributed by atoms with Crippen LogP contribution >= 0.6 is 0 Å². The van der Waals surface area contributed by atoms with Crippen molar-refractivity contribution in [2.24, 2.45) is 0 Å². The lowest BCUT2D eigenvalue weighted by Crippen LogP contribution is -2.18. The Balaban J connectivity index is 1.70. The van der Waals surface area contributed by atoms with E-state index in [4.69, 9.17) is 4.74 Å². The van der Waals surface area contributed by atoms with Gasteiger partial charge in [0.2, 0.25) is 10.0 Å². The lowest BCUT2D eigenvalue weighted by Gasteiger charge is -2.14. The van der Waals surface area contributed by atoms with E-state index >= 15 is 0 Å². The van der Waals surface area contributed by atoms with E-state index in [1.165, 1.54) is 12.1 Å². The van der Waals surface area contributed by atoms with E-state index in [0.717, 1.165) is 5.56 Å². The molecule has 1 amide bonds. The van der Waals surface area contributed by atoms with Crippen LogP contribution in [0.25, 0.3) is 0 Å². The van der Waals surface area contributed by atoms with E-state index in [1.807, 2.05) is 0 Å². The molecule has 0 radical (unpaired) electrons. The van der Waals surface area contributed by atoms with Gasteiger partial charge in [0.05, 0.1) is 11.4 Å². The highest BCUT2D eigenvalue weighted by molar-refractivity contribution is 7.92. The van der Waals surface area contributed by atoms with Gasteiger partial charge in [-0.25, -0.2) is 12.8 Å². The molecule has 0 saturated heterocycles. The molecule has 0 aliphatic rings. The van der Waals surface area contributed by atoms with Gasteiger partial charge >= 0.3 is 0 Å². The SMILES string of the molecule is CCCS(=O)(=O)Nc1cccc(NC(=O)c2cccc(OCc3ccc(F)cc3)c2)c1C. The first-order valence-corrected chi connectivity index (χ1v) is 11.8. The summed E-state index contributed by atoms with van der Waals surface area (Å²) in [5.41, 5.74) is 2.73. The average Bonchev–Trinajstić information content (AvgIpc) is 2.76. The molecule has 0 heterocycles. The number of carbonyl (C=O) groups excluding carboxylic acids is 1. The summed E-state index contributed by atoms with van der Waals surface area (Å²) < 4.78 is 45.5. The van der Waals surface area contributed by atoms with Crippen molar-refractivity contribution in [3.63, 3.8) is 0 Å². The smallest absolute Gasteiger partial charge is 0.255 e.